The van der Waals surface area contributed by atoms with E-state index in [2.05, 4.69) is 29.1 Å². The zero-order valence-electron chi connectivity index (χ0n) is 13.2. The fourth-order valence-electron chi connectivity index (χ4n) is 1.81. The van der Waals surface area contributed by atoms with Crippen LogP contribution in [0.3, 0.4) is 0 Å². The average Bonchev–Trinajstić information content (AvgIpc) is 2.45. The number of unbranched alkanes of at least 4 members (excludes halogenated alkanes) is 1. The van der Waals surface area contributed by atoms with Gasteiger partial charge in [0.1, 0.15) is 18.2 Å². The number of aryl methyl sites for hydroxylation is 1. The lowest BCUT2D eigenvalue weighted by molar-refractivity contribution is 0.0961. The van der Waals surface area contributed by atoms with Crippen LogP contribution in [0.1, 0.15) is 44.5 Å². The van der Waals surface area contributed by atoms with Crippen LogP contribution in [-0.2, 0) is 11.2 Å². The minimum absolute atomic E-state index is 0.524. The van der Waals surface area contributed by atoms with Crippen LogP contribution in [0.2, 0.25) is 0 Å². The van der Waals surface area contributed by atoms with E-state index in [0.717, 1.165) is 49.5 Å². The highest BCUT2D eigenvalue weighted by molar-refractivity contribution is 5.48. The van der Waals surface area contributed by atoms with Crippen LogP contribution in [0.25, 0.3) is 0 Å². The molecule has 0 saturated heterocycles. The van der Waals surface area contributed by atoms with Gasteiger partial charge < -0.3 is 14.8 Å². The van der Waals surface area contributed by atoms with Crippen molar-refractivity contribution in [2.75, 3.05) is 32.2 Å². The van der Waals surface area contributed by atoms with E-state index in [0.29, 0.717) is 19.1 Å². The summed E-state index contributed by atoms with van der Waals surface area (Å²) in [4.78, 5) is 8.95. The Morgan fingerprint density at radius 2 is 1.85 bits per heavy atom. The molecule has 0 fully saturated rings. The molecule has 5 nitrogen and oxygen atoms in total. The van der Waals surface area contributed by atoms with E-state index in [1.807, 2.05) is 14.0 Å². The van der Waals surface area contributed by atoms with Crippen molar-refractivity contribution in [3.05, 3.63) is 11.4 Å². The first kappa shape index (κ1) is 16.7. The van der Waals surface area contributed by atoms with E-state index in [4.69, 9.17) is 9.47 Å². The number of rotatable bonds is 10. The van der Waals surface area contributed by atoms with Crippen molar-refractivity contribution in [2.45, 2.75) is 46.5 Å². The molecule has 1 rings (SSSR count). The van der Waals surface area contributed by atoms with Crippen molar-refractivity contribution in [3.8, 4) is 5.88 Å². The van der Waals surface area contributed by atoms with E-state index in [9.17, 15) is 0 Å². The van der Waals surface area contributed by atoms with E-state index in [1.54, 1.807) is 0 Å². The van der Waals surface area contributed by atoms with Gasteiger partial charge in [0.2, 0.25) is 5.88 Å². The Kier molecular flexibility index (Phi) is 7.95. The molecule has 0 amide bonds. The largest absolute Gasteiger partial charge is 0.475 e. The molecule has 0 aliphatic heterocycles. The molecule has 1 N–H and O–H groups in total. The molecule has 114 valence electrons. The van der Waals surface area contributed by atoms with Gasteiger partial charge in [-0.3, -0.25) is 0 Å². The van der Waals surface area contributed by atoms with Crippen LogP contribution in [0, 0.1) is 6.92 Å². The van der Waals surface area contributed by atoms with E-state index in [1.165, 1.54) is 0 Å². The summed E-state index contributed by atoms with van der Waals surface area (Å²) in [5.41, 5.74) is 0.945. The first-order chi connectivity index (χ1) is 9.72. The Bertz CT molecular complexity index is 397. The maximum absolute atomic E-state index is 5.73. The summed E-state index contributed by atoms with van der Waals surface area (Å²) in [6, 6.07) is 0. The Labute approximate surface area is 122 Å². The standard InChI is InChI=1S/C15H27N3O2/c1-5-7-9-19-10-11-20-15-12(3)14(16-4)17-13(18-15)8-6-2/h5-11H2,1-4H3,(H,16,17,18). The Balaban J connectivity index is 2.56. The Morgan fingerprint density at radius 1 is 1.05 bits per heavy atom. The molecule has 0 saturated carbocycles. The molecule has 1 aromatic heterocycles. The molecule has 0 bridgehead atoms. The number of hydrogen-bond donors (Lipinski definition) is 1. The minimum Gasteiger partial charge on any atom is -0.475 e. The highest BCUT2D eigenvalue weighted by Gasteiger charge is 2.10. The third-order valence-corrected chi connectivity index (χ3v) is 2.97. The molecule has 0 unspecified atom stereocenters. The van der Waals surface area contributed by atoms with Gasteiger partial charge in [0.15, 0.2) is 0 Å². The van der Waals surface area contributed by atoms with Gasteiger partial charge >= 0.3 is 0 Å². The molecule has 0 aromatic carbocycles. The quantitative estimate of drug-likeness (QED) is 0.668. The zero-order chi connectivity index (χ0) is 14.8. The third-order valence-electron chi connectivity index (χ3n) is 2.97. The Morgan fingerprint density at radius 3 is 2.50 bits per heavy atom. The molecule has 0 radical (unpaired) electrons. The van der Waals surface area contributed by atoms with Crippen molar-refractivity contribution in [2.24, 2.45) is 0 Å². The van der Waals surface area contributed by atoms with E-state index < -0.39 is 0 Å². The number of aromatic nitrogens is 2. The van der Waals surface area contributed by atoms with Crippen molar-refractivity contribution in [1.82, 2.24) is 9.97 Å². The summed E-state index contributed by atoms with van der Waals surface area (Å²) in [6.45, 7) is 8.15. The van der Waals surface area contributed by atoms with E-state index >= 15 is 0 Å². The van der Waals surface area contributed by atoms with Gasteiger partial charge in [-0.15, -0.1) is 0 Å². The summed E-state index contributed by atoms with van der Waals surface area (Å²) in [7, 11) is 1.86. The lowest BCUT2D eigenvalue weighted by Gasteiger charge is -2.13. The highest BCUT2D eigenvalue weighted by atomic mass is 16.5. The molecule has 0 spiro atoms. The molecule has 0 aliphatic carbocycles. The van der Waals surface area contributed by atoms with Crippen LogP contribution in [-0.4, -0.2) is 36.8 Å². The summed E-state index contributed by atoms with van der Waals surface area (Å²) in [5.74, 6) is 2.32. The van der Waals surface area contributed by atoms with Crippen LogP contribution >= 0.6 is 0 Å². The molecule has 1 aromatic rings. The van der Waals surface area contributed by atoms with Gasteiger partial charge in [-0.2, -0.15) is 4.98 Å². The maximum Gasteiger partial charge on any atom is 0.221 e. The molecule has 20 heavy (non-hydrogen) atoms. The fourth-order valence-corrected chi connectivity index (χ4v) is 1.81. The summed E-state index contributed by atoms with van der Waals surface area (Å²) >= 11 is 0. The number of anilines is 1. The minimum atomic E-state index is 0.524. The second kappa shape index (κ2) is 9.53. The second-order valence-corrected chi connectivity index (χ2v) is 4.73. The van der Waals surface area contributed by atoms with Crippen molar-refractivity contribution in [3.63, 3.8) is 0 Å². The monoisotopic (exact) mass is 281 g/mol. The summed E-state index contributed by atoms with van der Waals surface area (Å²) in [6.07, 6.45) is 4.12. The van der Waals surface area contributed by atoms with Gasteiger partial charge in [-0.05, 0) is 19.8 Å². The lowest BCUT2D eigenvalue weighted by Crippen LogP contribution is -2.11. The Hall–Kier alpha value is -1.36. The molecular formula is C15H27N3O2. The second-order valence-electron chi connectivity index (χ2n) is 4.73. The number of ether oxygens (including phenoxy) is 2. The van der Waals surface area contributed by atoms with Crippen molar-refractivity contribution in [1.29, 1.82) is 0 Å². The highest BCUT2D eigenvalue weighted by Crippen LogP contribution is 2.22. The predicted molar refractivity (Wildman–Crippen MR) is 81.5 cm³/mol. The fraction of sp³-hybridized carbons (Fsp3) is 0.733. The molecule has 5 heteroatoms. The smallest absolute Gasteiger partial charge is 0.221 e. The SMILES string of the molecule is CCCCOCCOc1nc(CCC)nc(NC)c1C. The van der Waals surface area contributed by atoms with Crippen molar-refractivity contribution >= 4 is 5.82 Å². The molecule has 0 atom stereocenters. The number of hydrogen-bond acceptors (Lipinski definition) is 5. The molecule has 0 aliphatic rings. The van der Waals surface area contributed by atoms with Crippen molar-refractivity contribution < 1.29 is 9.47 Å². The van der Waals surface area contributed by atoms with Gasteiger partial charge in [0.25, 0.3) is 0 Å². The number of nitrogens with zero attached hydrogens (tertiary/aromatic N) is 2. The normalized spacial score (nSPS) is 10.6. The van der Waals surface area contributed by atoms with Gasteiger partial charge in [0.05, 0.1) is 12.2 Å². The topological polar surface area (TPSA) is 56.3 Å². The van der Waals surface area contributed by atoms with Crippen LogP contribution in [0.5, 0.6) is 5.88 Å². The molecular weight excluding hydrogens is 254 g/mol. The van der Waals surface area contributed by atoms with Gasteiger partial charge in [-0.1, -0.05) is 20.3 Å². The maximum atomic E-state index is 5.73. The van der Waals surface area contributed by atoms with Gasteiger partial charge in [0, 0.05) is 20.1 Å². The summed E-state index contributed by atoms with van der Waals surface area (Å²) < 4.78 is 11.2. The number of nitrogens with one attached hydrogen (secondary N) is 1. The van der Waals surface area contributed by atoms with Gasteiger partial charge in [-0.25, -0.2) is 4.98 Å². The van der Waals surface area contributed by atoms with E-state index in [-0.39, 0.29) is 0 Å². The predicted octanol–water partition coefficient (Wildman–Crippen LogP) is 2.97. The first-order valence-corrected chi connectivity index (χ1v) is 7.48. The average molecular weight is 281 g/mol. The zero-order valence-corrected chi connectivity index (χ0v) is 13.2. The summed E-state index contributed by atoms with van der Waals surface area (Å²) in [5, 5.41) is 3.09. The van der Waals surface area contributed by atoms with Crippen LogP contribution in [0.15, 0.2) is 0 Å². The van der Waals surface area contributed by atoms with Crippen LogP contribution in [0.4, 0.5) is 5.82 Å². The lowest BCUT2D eigenvalue weighted by atomic mass is 10.3. The molecule has 1 heterocycles. The van der Waals surface area contributed by atoms with Crippen LogP contribution < -0.4 is 10.1 Å². The first-order valence-electron chi connectivity index (χ1n) is 7.48. The third kappa shape index (κ3) is 5.33.